The van der Waals surface area contributed by atoms with Gasteiger partial charge in [-0.1, -0.05) is 30.3 Å². The lowest BCUT2D eigenvalue weighted by Gasteiger charge is -2.22. The molecule has 38 heavy (non-hydrogen) atoms. The van der Waals surface area contributed by atoms with Crippen molar-refractivity contribution in [2.45, 2.75) is 19.6 Å². The van der Waals surface area contributed by atoms with Crippen LogP contribution in [-0.2, 0) is 19.6 Å². The molecule has 3 aromatic carbocycles. The Hall–Kier alpha value is -5.24. The molecule has 0 fully saturated rings. The van der Waals surface area contributed by atoms with Gasteiger partial charge in [-0.25, -0.2) is 13.8 Å². The number of halogens is 2. The van der Waals surface area contributed by atoms with Crippen LogP contribution in [0.3, 0.4) is 0 Å². The van der Waals surface area contributed by atoms with Crippen LogP contribution in [0.25, 0.3) is 11.0 Å². The number of nitriles is 1. The smallest absolute Gasteiger partial charge is 0.280 e. The minimum absolute atomic E-state index is 0.0510. The van der Waals surface area contributed by atoms with Crippen LogP contribution in [0.15, 0.2) is 77.9 Å². The van der Waals surface area contributed by atoms with E-state index in [0.29, 0.717) is 29.0 Å². The van der Waals surface area contributed by atoms with Crippen molar-refractivity contribution >= 4 is 16.9 Å². The first kappa shape index (κ1) is 24.5. The lowest BCUT2D eigenvalue weighted by atomic mass is 10.1. The molecule has 0 saturated carbocycles. The van der Waals surface area contributed by atoms with E-state index in [0.717, 1.165) is 17.7 Å². The number of benzene rings is 3. The summed E-state index contributed by atoms with van der Waals surface area (Å²) in [5, 5.41) is 17.1. The summed E-state index contributed by atoms with van der Waals surface area (Å²) in [5.74, 6) is -1.97. The Morgan fingerprint density at radius 3 is 2.61 bits per heavy atom. The Kier molecular flexibility index (Phi) is 6.69. The standard InChI is InChI=1S/C27H19F2N7O2/c28-20-10-9-19(21(29)11-20)14-35(27(38)25-26(37)33-23-4-2-1-3-22(23)32-25)15-24-34-31-16-36(24)13-18-7-5-17(12-30)6-8-18/h1-11,16H,13-15H2,(H,33,37). The van der Waals surface area contributed by atoms with Crippen LogP contribution in [0.4, 0.5) is 8.78 Å². The third-order valence-electron chi connectivity index (χ3n) is 5.93. The van der Waals surface area contributed by atoms with Crippen molar-refractivity contribution < 1.29 is 13.6 Å². The second-order valence-corrected chi connectivity index (χ2v) is 8.51. The van der Waals surface area contributed by atoms with E-state index >= 15 is 0 Å². The Bertz CT molecular complexity index is 1740. The second kappa shape index (κ2) is 10.4. The number of carbonyl (C=O) groups is 1. The molecule has 5 aromatic rings. The maximum absolute atomic E-state index is 14.6. The number of rotatable bonds is 7. The number of aromatic nitrogens is 5. The zero-order valence-electron chi connectivity index (χ0n) is 19.8. The zero-order valence-corrected chi connectivity index (χ0v) is 19.8. The fraction of sp³-hybridized carbons (Fsp3) is 0.111. The number of aromatic amines is 1. The molecule has 11 heteroatoms. The molecule has 0 saturated heterocycles. The van der Waals surface area contributed by atoms with Crippen LogP contribution < -0.4 is 5.56 Å². The molecule has 1 amide bonds. The van der Waals surface area contributed by atoms with Gasteiger partial charge < -0.3 is 14.5 Å². The van der Waals surface area contributed by atoms with Crippen molar-refractivity contribution in [3.63, 3.8) is 0 Å². The second-order valence-electron chi connectivity index (χ2n) is 8.51. The molecule has 5 rings (SSSR count). The highest BCUT2D eigenvalue weighted by Gasteiger charge is 2.25. The molecule has 0 aliphatic rings. The molecule has 0 unspecified atom stereocenters. The number of hydrogen-bond acceptors (Lipinski definition) is 6. The van der Waals surface area contributed by atoms with Crippen molar-refractivity contribution in [3.8, 4) is 6.07 Å². The van der Waals surface area contributed by atoms with Crippen molar-refractivity contribution in [3.05, 3.63) is 123 Å². The van der Waals surface area contributed by atoms with Gasteiger partial charge >= 0.3 is 0 Å². The van der Waals surface area contributed by atoms with Gasteiger partial charge in [-0.05, 0) is 35.9 Å². The molecule has 9 nitrogen and oxygen atoms in total. The van der Waals surface area contributed by atoms with Gasteiger partial charge in [0.25, 0.3) is 11.5 Å². The van der Waals surface area contributed by atoms with Crippen LogP contribution >= 0.6 is 0 Å². The first-order chi connectivity index (χ1) is 18.4. The molecule has 0 radical (unpaired) electrons. The van der Waals surface area contributed by atoms with E-state index in [9.17, 15) is 18.4 Å². The third kappa shape index (κ3) is 5.15. The van der Waals surface area contributed by atoms with Gasteiger partial charge in [0.15, 0.2) is 11.5 Å². The molecular formula is C27H19F2N7O2. The molecule has 0 spiro atoms. The highest BCUT2D eigenvalue weighted by atomic mass is 19.1. The van der Waals surface area contributed by atoms with Gasteiger partial charge in [0.05, 0.1) is 35.8 Å². The summed E-state index contributed by atoms with van der Waals surface area (Å²) >= 11 is 0. The molecule has 0 aliphatic carbocycles. The van der Waals surface area contributed by atoms with Crippen molar-refractivity contribution in [1.82, 2.24) is 29.6 Å². The number of nitrogens with zero attached hydrogens (tertiary/aromatic N) is 6. The summed E-state index contributed by atoms with van der Waals surface area (Å²) in [7, 11) is 0. The minimum atomic E-state index is -0.831. The molecule has 1 N–H and O–H groups in total. The monoisotopic (exact) mass is 511 g/mol. The average Bonchev–Trinajstić information content (AvgIpc) is 3.35. The Labute approximate surface area is 214 Å². The minimum Gasteiger partial charge on any atom is -0.325 e. The predicted octanol–water partition coefficient (Wildman–Crippen LogP) is 3.56. The zero-order chi connectivity index (χ0) is 26.6. The molecule has 0 bridgehead atoms. The van der Waals surface area contributed by atoms with Crippen molar-refractivity contribution in [2.24, 2.45) is 0 Å². The number of nitrogens with one attached hydrogen (secondary N) is 1. The Morgan fingerprint density at radius 2 is 1.84 bits per heavy atom. The molecule has 2 heterocycles. The first-order valence-corrected chi connectivity index (χ1v) is 11.5. The van der Waals surface area contributed by atoms with E-state index in [2.05, 4.69) is 26.2 Å². The lowest BCUT2D eigenvalue weighted by molar-refractivity contribution is 0.0714. The van der Waals surface area contributed by atoms with Gasteiger partial charge in [0.1, 0.15) is 18.0 Å². The highest BCUT2D eigenvalue weighted by molar-refractivity contribution is 5.93. The third-order valence-corrected chi connectivity index (χ3v) is 5.93. The van der Waals surface area contributed by atoms with Crippen LogP contribution in [0.5, 0.6) is 0 Å². The normalized spacial score (nSPS) is 10.9. The number of carbonyl (C=O) groups excluding carboxylic acids is 1. The van der Waals surface area contributed by atoms with E-state index < -0.39 is 23.1 Å². The maximum atomic E-state index is 14.6. The summed E-state index contributed by atoms with van der Waals surface area (Å²) < 4.78 is 29.8. The van der Waals surface area contributed by atoms with E-state index in [1.165, 1.54) is 17.3 Å². The van der Waals surface area contributed by atoms with Gasteiger partial charge in [0.2, 0.25) is 0 Å². The predicted molar refractivity (Wildman–Crippen MR) is 133 cm³/mol. The van der Waals surface area contributed by atoms with Gasteiger partial charge in [-0.2, -0.15) is 5.26 Å². The number of hydrogen-bond donors (Lipinski definition) is 1. The van der Waals surface area contributed by atoms with Gasteiger partial charge in [-0.15, -0.1) is 10.2 Å². The molecule has 188 valence electrons. The van der Waals surface area contributed by atoms with Crippen LogP contribution in [0.2, 0.25) is 0 Å². The van der Waals surface area contributed by atoms with Crippen molar-refractivity contribution in [2.75, 3.05) is 0 Å². The van der Waals surface area contributed by atoms with Crippen molar-refractivity contribution in [1.29, 1.82) is 5.26 Å². The molecule has 0 aliphatic heterocycles. The number of H-pyrrole nitrogens is 1. The van der Waals surface area contributed by atoms with E-state index in [-0.39, 0.29) is 24.3 Å². The van der Waals surface area contributed by atoms with Crippen LogP contribution in [0.1, 0.15) is 33.0 Å². The summed E-state index contributed by atoms with van der Waals surface area (Å²) in [5.41, 5.74) is 1.24. The van der Waals surface area contributed by atoms with Crippen LogP contribution in [0, 0.1) is 23.0 Å². The lowest BCUT2D eigenvalue weighted by Crippen LogP contribution is -2.36. The molecular weight excluding hydrogens is 492 g/mol. The Morgan fingerprint density at radius 1 is 1.05 bits per heavy atom. The fourth-order valence-corrected chi connectivity index (χ4v) is 3.96. The number of para-hydroxylation sites is 2. The highest BCUT2D eigenvalue weighted by Crippen LogP contribution is 2.17. The van der Waals surface area contributed by atoms with Crippen LogP contribution in [-0.4, -0.2) is 35.5 Å². The summed E-state index contributed by atoms with van der Waals surface area (Å²) in [4.78, 5) is 34.5. The van der Waals surface area contributed by atoms with Gasteiger partial charge in [0, 0.05) is 18.2 Å². The fourth-order valence-electron chi connectivity index (χ4n) is 3.96. The summed E-state index contributed by atoms with van der Waals surface area (Å²) in [6, 6.07) is 18.8. The molecule has 0 atom stereocenters. The Balaban J connectivity index is 1.49. The van der Waals surface area contributed by atoms with Gasteiger partial charge in [-0.3, -0.25) is 9.59 Å². The maximum Gasteiger partial charge on any atom is 0.280 e. The quantitative estimate of drug-likeness (QED) is 0.357. The summed E-state index contributed by atoms with van der Waals surface area (Å²) in [6.07, 6.45) is 1.48. The van der Waals surface area contributed by atoms with E-state index in [4.69, 9.17) is 5.26 Å². The largest absolute Gasteiger partial charge is 0.325 e. The summed E-state index contributed by atoms with van der Waals surface area (Å²) in [6.45, 7) is -0.0711. The SMILES string of the molecule is N#Cc1ccc(Cn2cnnc2CN(Cc2ccc(F)cc2F)C(=O)c2nc3ccccc3[nH]c2=O)cc1. The average molecular weight is 511 g/mol. The van der Waals surface area contributed by atoms with E-state index in [1.807, 2.05) is 0 Å². The molecule has 2 aromatic heterocycles. The number of amides is 1. The first-order valence-electron chi connectivity index (χ1n) is 11.5. The number of fused-ring (bicyclic) bond motifs is 1. The topological polar surface area (TPSA) is 121 Å². The van der Waals surface area contributed by atoms with E-state index in [1.54, 1.807) is 53.1 Å².